The van der Waals surface area contributed by atoms with Crippen LogP contribution in [0.2, 0.25) is 0 Å². The number of rotatable bonds is 9. The molecule has 0 aliphatic carbocycles. The van der Waals surface area contributed by atoms with Crippen molar-refractivity contribution in [1.82, 2.24) is 5.32 Å². The fourth-order valence-corrected chi connectivity index (χ4v) is 4.48. The Morgan fingerprint density at radius 2 is 1.73 bits per heavy atom. The highest BCUT2D eigenvalue weighted by molar-refractivity contribution is 7.98. The van der Waals surface area contributed by atoms with Crippen LogP contribution in [0, 0.1) is 5.82 Å². The van der Waals surface area contributed by atoms with Crippen molar-refractivity contribution in [2.45, 2.75) is 31.9 Å². The van der Waals surface area contributed by atoms with Gasteiger partial charge in [0.25, 0.3) is 0 Å². The molecule has 164 valence electrons. The molecule has 0 atom stereocenters. The number of carbonyl (C=O) groups excluding carboxylic acids is 1. The van der Waals surface area contributed by atoms with Crippen LogP contribution in [-0.2, 0) is 26.0 Å². The van der Waals surface area contributed by atoms with Crippen LogP contribution < -0.4 is 9.62 Å². The minimum Gasteiger partial charge on any atom is -0.354 e. The van der Waals surface area contributed by atoms with E-state index in [4.69, 9.17) is 0 Å². The smallest absolute Gasteiger partial charge is 0.240 e. The lowest BCUT2D eigenvalue weighted by Gasteiger charge is -2.24. The minimum absolute atomic E-state index is 0.0494. The van der Waals surface area contributed by atoms with Crippen LogP contribution in [0.3, 0.4) is 0 Å². The van der Waals surface area contributed by atoms with Gasteiger partial charge in [-0.05, 0) is 34.7 Å². The van der Waals surface area contributed by atoms with Crippen molar-refractivity contribution < 1.29 is 17.6 Å². The molecule has 2 aromatic carbocycles. The number of hydrogen-bond acceptors (Lipinski definition) is 4. The van der Waals surface area contributed by atoms with Crippen LogP contribution in [-0.4, -0.2) is 39.4 Å². The fourth-order valence-electron chi connectivity index (χ4n) is 2.77. The van der Waals surface area contributed by atoms with Gasteiger partial charge in [-0.3, -0.25) is 9.10 Å². The number of halogens is 1. The molecule has 30 heavy (non-hydrogen) atoms. The maximum Gasteiger partial charge on any atom is 0.240 e. The van der Waals surface area contributed by atoms with E-state index in [0.29, 0.717) is 29.3 Å². The van der Waals surface area contributed by atoms with Gasteiger partial charge in [-0.1, -0.05) is 51.1 Å². The van der Waals surface area contributed by atoms with Crippen LogP contribution in [0.1, 0.15) is 31.9 Å². The minimum atomic E-state index is -3.61. The summed E-state index contributed by atoms with van der Waals surface area (Å²) in [5, 5.41) is 2.73. The van der Waals surface area contributed by atoms with Crippen LogP contribution in [0.5, 0.6) is 0 Å². The lowest BCUT2D eigenvalue weighted by Crippen LogP contribution is -2.41. The first-order valence-electron chi connectivity index (χ1n) is 9.64. The summed E-state index contributed by atoms with van der Waals surface area (Å²) >= 11 is 1.50. The van der Waals surface area contributed by atoms with Gasteiger partial charge in [-0.15, -0.1) is 0 Å². The molecule has 0 bridgehead atoms. The maximum absolute atomic E-state index is 13.6. The standard InChI is InChI=1S/C22H29FN2O3S2/c1-22(2,3)18-9-11-19(12-10-18)25(30(4,27)28)15-21(26)24-13-14-29-16-17-7-5-6-8-20(17)23/h5-12H,13-16H2,1-4H3,(H,24,26). The second-order valence-corrected chi connectivity index (χ2v) is 11.1. The van der Waals surface area contributed by atoms with E-state index in [0.717, 1.165) is 16.1 Å². The highest BCUT2D eigenvalue weighted by Crippen LogP contribution is 2.25. The van der Waals surface area contributed by atoms with Crippen LogP contribution in [0.4, 0.5) is 10.1 Å². The largest absolute Gasteiger partial charge is 0.354 e. The molecule has 0 aliphatic heterocycles. The summed E-state index contributed by atoms with van der Waals surface area (Å²) in [6.45, 7) is 6.32. The van der Waals surface area contributed by atoms with Crippen molar-refractivity contribution in [2.24, 2.45) is 0 Å². The number of amides is 1. The number of nitrogens with one attached hydrogen (secondary N) is 1. The lowest BCUT2D eigenvalue weighted by molar-refractivity contribution is -0.119. The Morgan fingerprint density at radius 3 is 2.30 bits per heavy atom. The molecule has 0 radical (unpaired) electrons. The molecule has 0 saturated carbocycles. The summed E-state index contributed by atoms with van der Waals surface area (Å²) in [6, 6.07) is 13.8. The summed E-state index contributed by atoms with van der Waals surface area (Å²) in [6.07, 6.45) is 1.09. The molecule has 1 amide bonds. The molecule has 2 rings (SSSR count). The van der Waals surface area contributed by atoms with E-state index >= 15 is 0 Å². The zero-order chi connectivity index (χ0) is 22.4. The highest BCUT2D eigenvalue weighted by atomic mass is 32.2. The summed E-state index contributed by atoms with van der Waals surface area (Å²) in [5.74, 6) is 0.485. The third-order valence-electron chi connectivity index (χ3n) is 4.49. The predicted molar refractivity (Wildman–Crippen MR) is 123 cm³/mol. The average Bonchev–Trinajstić information content (AvgIpc) is 2.66. The maximum atomic E-state index is 13.6. The van der Waals surface area contributed by atoms with Gasteiger partial charge in [0, 0.05) is 18.1 Å². The van der Waals surface area contributed by atoms with Crippen molar-refractivity contribution in [3.05, 3.63) is 65.5 Å². The number of benzene rings is 2. The van der Waals surface area contributed by atoms with Crippen LogP contribution in [0.25, 0.3) is 0 Å². The third kappa shape index (κ3) is 7.32. The molecule has 1 N–H and O–H groups in total. The number of anilines is 1. The van der Waals surface area contributed by atoms with Crippen LogP contribution >= 0.6 is 11.8 Å². The number of nitrogens with zero attached hydrogens (tertiary/aromatic N) is 1. The molecule has 2 aromatic rings. The molecule has 0 heterocycles. The highest BCUT2D eigenvalue weighted by Gasteiger charge is 2.21. The molecule has 5 nitrogen and oxygen atoms in total. The molecular weight excluding hydrogens is 423 g/mol. The van der Waals surface area contributed by atoms with Gasteiger partial charge in [-0.25, -0.2) is 12.8 Å². The third-order valence-corrected chi connectivity index (χ3v) is 6.64. The first-order chi connectivity index (χ1) is 14.0. The van der Waals surface area contributed by atoms with Crippen molar-refractivity contribution in [2.75, 3.05) is 29.4 Å². The molecule has 0 unspecified atom stereocenters. The monoisotopic (exact) mass is 452 g/mol. The predicted octanol–water partition coefficient (Wildman–Crippen LogP) is 3.94. The second kappa shape index (κ2) is 10.3. The van der Waals surface area contributed by atoms with Gasteiger partial charge in [0.15, 0.2) is 0 Å². The Balaban J connectivity index is 1.89. The topological polar surface area (TPSA) is 66.5 Å². The van der Waals surface area contributed by atoms with Crippen molar-refractivity contribution >= 4 is 33.4 Å². The molecular formula is C22H29FN2O3S2. The van der Waals surface area contributed by atoms with Gasteiger partial charge in [0.2, 0.25) is 15.9 Å². The van der Waals surface area contributed by atoms with Crippen molar-refractivity contribution in [3.8, 4) is 0 Å². The molecule has 0 saturated heterocycles. The van der Waals surface area contributed by atoms with Crippen molar-refractivity contribution in [1.29, 1.82) is 0 Å². The number of hydrogen-bond donors (Lipinski definition) is 1. The number of carbonyl (C=O) groups is 1. The zero-order valence-corrected chi connectivity index (χ0v) is 19.4. The molecule has 8 heteroatoms. The van der Waals surface area contributed by atoms with E-state index in [9.17, 15) is 17.6 Å². The summed E-state index contributed by atoms with van der Waals surface area (Å²) in [5.41, 5.74) is 2.10. The van der Waals surface area contributed by atoms with E-state index in [1.165, 1.54) is 17.8 Å². The van der Waals surface area contributed by atoms with Gasteiger partial charge in [0.1, 0.15) is 12.4 Å². The van der Waals surface area contributed by atoms with Gasteiger partial charge in [-0.2, -0.15) is 11.8 Å². The fraction of sp³-hybridized carbons (Fsp3) is 0.409. The number of sulfonamides is 1. The Morgan fingerprint density at radius 1 is 1.10 bits per heavy atom. The Labute approximate surface area is 183 Å². The van der Waals surface area contributed by atoms with E-state index < -0.39 is 10.0 Å². The summed E-state index contributed by atoms with van der Waals surface area (Å²) in [7, 11) is -3.61. The van der Waals surface area contributed by atoms with E-state index in [-0.39, 0.29) is 23.7 Å². The second-order valence-electron chi connectivity index (χ2n) is 8.06. The first kappa shape index (κ1) is 24.2. The van der Waals surface area contributed by atoms with E-state index in [1.54, 1.807) is 30.3 Å². The Kier molecular flexibility index (Phi) is 8.32. The number of thioether (sulfide) groups is 1. The quantitative estimate of drug-likeness (QED) is 0.586. The van der Waals surface area contributed by atoms with E-state index in [1.807, 2.05) is 12.1 Å². The molecule has 0 aromatic heterocycles. The Hall–Kier alpha value is -2.06. The zero-order valence-electron chi connectivity index (χ0n) is 17.8. The lowest BCUT2D eigenvalue weighted by atomic mass is 9.87. The van der Waals surface area contributed by atoms with Gasteiger partial charge < -0.3 is 5.32 Å². The summed E-state index contributed by atoms with van der Waals surface area (Å²) in [4.78, 5) is 12.3. The van der Waals surface area contributed by atoms with Crippen molar-refractivity contribution in [3.63, 3.8) is 0 Å². The molecule has 0 fully saturated rings. The van der Waals surface area contributed by atoms with E-state index in [2.05, 4.69) is 26.1 Å². The molecule has 0 aliphatic rings. The summed E-state index contributed by atoms with van der Waals surface area (Å²) < 4.78 is 39.1. The first-order valence-corrected chi connectivity index (χ1v) is 12.6. The van der Waals surface area contributed by atoms with Crippen LogP contribution in [0.15, 0.2) is 48.5 Å². The molecule has 0 spiro atoms. The normalized spacial score (nSPS) is 11.9. The van der Waals surface area contributed by atoms with Gasteiger partial charge in [0.05, 0.1) is 11.9 Å². The SMILES string of the molecule is CC(C)(C)c1ccc(N(CC(=O)NCCSCc2ccccc2F)S(C)(=O)=O)cc1. The van der Waals surface area contributed by atoms with Gasteiger partial charge >= 0.3 is 0 Å². The average molecular weight is 453 g/mol. The Bertz CT molecular complexity index is 955.